The summed E-state index contributed by atoms with van der Waals surface area (Å²) < 4.78 is 2.17. The molecular weight excluding hydrogens is 430 g/mol. The molecule has 124 valence electrons. The molecule has 4 heteroatoms. The lowest BCUT2D eigenvalue weighted by Crippen LogP contribution is -2.92. The fourth-order valence-corrected chi connectivity index (χ4v) is 4.91. The number of hydrogen-bond donors (Lipinski definition) is 1. The Morgan fingerprint density at radius 2 is 1.17 bits per heavy atom. The first kappa shape index (κ1) is 16.5. The Balaban J connectivity index is 1.71. The number of nitrogens with two attached hydrogens (primary N) is 1. The first-order chi connectivity index (χ1) is 11.6. The van der Waals surface area contributed by atoms with E-state index in [1.165, 1.54) is 11.1 Å². The number of benzene rings is 2. The number of quaternary nitrogens is 1. The highest BCUT2D eigenvalue weighted by Crippen LogP contribution is 2.41. The lowest BCUT2D eigenvalue weighted by molar-refractivity contribution is -0.750. The van der Waals surface area contributed by atoms with Crippen molar-refractivity contribution in [3.63, 3.8) is 0 Å². The smallest absolute Gasteiger partial charge is 0.151 e. The fraction of sp³-hybridized carbons (Fsp3) is 0.350. The van der Waals surface area contributed by atoms with Crippen LogP contribution in [0.4, 0.5) is 0 Å². The number of piperidine rings is 1. The predicted molar refractivity (Wildman–Crippen MR) is 102 cm³/mol. The van der Waals surface area contributed by atoms with Gasteiger partial charge in [0.05, 0.1) is 11.8 Å². The molecule has 2 bridgehead atoms. The van der Waals surface area contributed by atoms with Crippen molar-refractivity contribution in [2.45, 2.75) is 31.3 Å². The third-order valence-corrected chi connectivity index (χ3v) is 6.61. The molecule has 1 saturated heterocycles. The molecule has 1 heterocycles. The second-order valence-electron chi connectivity index (χ2n) is 6.89. The van der Waals surface area contributed by atoms with Gasteiger partial charge in [-0.3, -0.25) is 4.79 Å². The Hall–Kier alpha value is -0.970. The standard InChI is InChI=1S/C20H19Br2NO/c21-14-8-4-12(5-9-14)18-16-2-1-3-17(20(16)24)19(23-18)13-6-10-15(22)11-7-13/h4-11,16-19,23H,1-3H2/p+1/t16-,17+,18-,19+. The van der Waals surface area contributed by atoms with Crippen LogP contribution in [-0.4, -0.2) is 5.78 Å². The number of hydrogen-bond acceptors (Lipinski definition) is 1. The second-order valence-corrected chi connectivity index (χ2v) is 8.72. The van der Waals surface area contributed by atoms with Crippen LogP contribution in [0.1, 0.15) is 42.5 Å². The molecule has 0 amide bonds. The molecule has 1 aliphatic carbocycles. The summed E-state index contributed by atoms with van der Waals surface area (Å²) in [6, 6.07) is 17.4. The van der Waals surface area contributed by atoms with E-state index in [1.54, 1.807) is 0 Å². The average molecular weight is 450 g/mol. The summed E-state index contributed by atoms with van der Waals surface area (Å²) >= 11 is 7.02. The molecule has 2 aliphatic rings. The van der Waals surface area contributed by atoms with Gasteiger partial charge >= 0.3 is 0 Å². The summed E-state index contributed by atoms with van der Waals surface area (Å²) in [7, 11) is 0. The van der Waals surface area contributed by atoms with Crippen molar-refractivity contribution >= 4 is 37.6 Å². The minimum absolute atomic E-state index is 0.164. The van der Waals surface area contributed by atoms with Crippen LogP contribution in [0.2, 0.25) is 0 Å². The van der Waals surface area contributed by atoms with Crippen molar-refractivity contribution in [1.29, 1.82) is 0 Å². The largest absolute Gasteiger partial charge is 0.333 e. The van der Waals surface area contributed by atoms with Crippen molar-refractivity contribution < 1.29 is 10.1 Å². The summed E-state index contributed by atoms with van der Waals surface area (Å²) in [5, 5.41) is 2.45. The summed E-state index contributed by atoms with van der Waals surface area (Å²) in [5.74, 6) is 0.804. The van der Waals surface area contributed by atoms with Gasteiger partial charge in [-0.15, -0.1) is 0 Å². The molecular formula is C20H20Br2NO+. The molecule has 24 heavy (non-hydrogen) atoms. The SMILES string of the molecule is O=C1[C@H]2CCC[C@@H]1[C@@H](c1ccc(Br)cc1)[NH2+][C@H]2c1ccc(Br)cc1. The van der Waals surface area contributed by atoms with E-state index in [2.05, 4.69) is 85.7 Å². The van der Waals surface area contributed by atoms with Crippen LogP contribution in [0.5, 0.6) is 0 Å². The maximum absolute atomic E-state index is 13.1. The maximum atomic E-state index is 13.1. The van der Waals surface area contributed by atoms with Crippen LogP contribution < -0.4 is 5.32 Å². The molecule has 2 N–H and O–H groups in total. The highest BCUT2D eigenvalue weighted by Gasteiger charge is 2.49. The van der Waals surface area contributed by atoms with Crippen LogP contribution in [0.15, 0.2) is 57.5 Å². The number of fused-ring (bicyclic) bond motifs is 2. The van der Waals surface area contributed by atoms with Gasteiger partial charge in [0.1, 0.15) is 12.1 Å². The second kappa shape index (κ2) is 6.74. The molecule has 2 aromatic rings. The fourth-order valence-electron chi connectivity index (χ4n) is 4.38. The van der Waals surface area contributed by atoms with Gasteiger partial charge in [-0.25, -0.2) is 0 Å². The Kier molecular flexibility index (Phi) is 4.63. The zero-order chi connectivity index (χ0) is 16.7. The third-order valence-electron chi connectivity index (χ3n) is 5.55. The van der Waals surface area contributed by atoms with Gasteiger partial charge in [-0.2, -0.15) is 0 Å². The predicted octanol–water partition coefficient (Wildman–Crippen LogP) is 4.56. The van der Waals surface area contributed by atoms with E-state index in [0.717, 1.165) is 28.2 Å². The zero-order valence-corrected chi connectivity index (χ0v) is 16.5. The minimum Gasteiger partial charge on any atom is -0.333 e. The Morgan fingerprint density at radius 3 is 1.58 bits per heavy atom. The third kappa shape index (κ3) is 3.00. The topological polar surface area (TPSA) is 33.7 Å². The first-order valence-corrected chi connectivity index (χ1v) is 10.1. The summed E-state index contributed by atoms with van der Waals surface area (Å²) in [4.78, 5) is 13.1. The lowest BCUT2D eigenvalue weighted by Gasteiger charge is -2.42. The number of halogens is 2. The van der Waals surface area contributed by atoms with E-state index in [0.29, 0.717) is 5.78 Å². The Morgan fingerprint density at radius 1 is 0.750 bits per heavy atom. The zero-order valence-electron chi connectivity index (χ0n) is 13.3. The number of carbonyl (C=O) groups excluding carboxylic acids is 1. The van der Waals surface area contributed by atoms with E-state index in [4.69, 9.17) is 0 Å². The number of ketones is 1. The van der Waals surface area contributed by atoms with Crippen molar-refractivity contribution in [3.05, 3.63) is 68.6 Å². The molecule has 2 fully saturated rings. The molecule has 2 nitrogen and oxygen atoms in total. The molecule has 1 saturated carbocycles. The van der Waals surface area contributed by atoms with Crippen molar-refractivity contribution in [2.24, 2.45) is 11.8 Å². The van der Waals surface area contributed by atoms with Gasteiger partial charge in [0, 0.05) is 20.1 Å². The van der Waals surface area contributed by atoms with E-state index in [-0.39, 0.29) is 23.9 Å². The Bertz CT molecular complexity index is 680. The normalized spacial score (nSPS) is 29.5. The quantitative estimate of drug-likeness (QED) is 0.716. The van der Waals surface area contributed by atoms with Crippen molar-refractivity contribution in [2.75, 3.05) is 0 Å². The number of rotatable bonds is 2. The summed E-state index contributed by atoms with van der Waals surface area (Å²) in [6.07, 6.45) is 3.22. The van der Waals surface area contributed by atoms with E-state index < -0.39 is 0 Å². The molecule has 0 spiro atoms. The maximum Gasteiger partial charge on any atom is 0.151 e. The van der Waals surface area contributed by atoms with Crippen LogP contribution in [0.3, 0.4) is 0 Å². The molecule has 0 unspecified atom stereocenters. The van der Waals surface area contributed by atoms with Crippen LogP contribution in [0, 0.1) is 11.8 Å². The molecule has 4 rings (SSSR count). The summed E-state index contributed by atoms with van der Waals surface area (Å²) in [5.41, 5.74) is 2.53. The number of Topliss-reactive ketones (excluding diaryl/α,β-unsaturated/α-hetero) is 1. The first-order valence-electron chi connectivity index (χ1n) is 8.53. The summed E-state index contributed by atoms with van der Waals surface area (Å²) in [6.45, 7) is 0. The van der Waals surface area contributed by atoms with Gasteiger partial charge in [-0.05, 0) is 37.1 Å². The van der Waals surface area contributed by atoms with Gasteiger partial charge in [0.15, 0.2) is 5.78 Å². The van der Waals surface area contributed by atoms with Crippen LogP contribution >= 0.6 is 31.9 Å². The molecule has 0 aromatic heterocycles. The van der Waals surface area contributed by atoms with Crippen molar-refractivity contribution in [1.82, 2.24) is 0 Å². The van der Waals surface area contributed by atoms with Crippen LogP contribution in [0.25, 0.3) is 0 Å². The minimum atomic E-state index is 0.164. The Labute approximate surface area is 159 Å². The van der Waals surface area contributed by atoms with Gasteiger partial charge in [0.2, 0.25) is 0 Å². The molecule has 1 aliphatic heterocycles. The van der Waals surface area contributed by atoms with E-state index in [1.807, 2.05) is 0 Å². The van der Waals surface area contributed by atoms with Crippen molar-refractivity contribution in [3.8, 4) is 0 Å². The van der Waals surface area contributed by atoms with Gasteiger partial charge < -0.3 is 5.32 Å². The van der Waals surface area contributed by atoms with Gasteiger partial charge in [-0.1, -0.05) is 62.5 Å². The molecule has 0 radical (unpaired) electrons. The number of carbonyl (C=O) groups is 1. The lowest BCUT2D eigenvalue weighted by atomic mass is 9.67. The van der Waals surface area contributed by atoms with E-state index >= 15 is 0 Å². The molecule has 2 aromatic carbocycles. The average Bonchev–Trinajstić information content (AvgIpc) is 2.57. The highest BCUT2D eigenvalue weighted by molar-refractivity contribution is 9.10. The van der Waals surface area contributed by atoms with Crippen LogP contribution in [-0.2, 0) is 4.79 Å². The molecule has 4 atom stereocenters. The monoisotopic (exact) mass is 448 g/mol. The highest BCUT2D eigenvalue weighted by atomic mass is 79.9. The van der Waals surface area contributed by atoms with E-state index in [9.17, 15) is 4.79 Å². The van der Waals surface area contributed by atoms with Gasteiger partial charge in [0.25, 0.3) is 0 Å².